The number of aromatic carboxylic acids is 1. The van der Waals surface area contributed by atoms with E-state index in [-0.39, 0.29) is 18.8 Å². The van der Waals surface area contributed by atoms with Crippen LogP contribution in [-0.2, 0) is 0 Å². The van der Waals surface area contributed by atoms with Gasteiger partial charge in [0, 0.05) is 6.07 Å². The average molecular weight is 269 g/mol. The number of carbonyl (C=O) groups is 1. The predicted molar refractivity (Wildman–Crippen MR) is 70.8 cm³/mol. The van der Waals surface area contributed by atoms with Crippen molar-refractivity contribution in [2.75, 3.05) is 25.6 Å². The van der Waals surface area contributed by atoms with E-state index in [1.807, 2.05) is 0 Å². The second-order valence-corrected chi connectivity index (χ2v) is 4.29. The predicted octanol–water partition coefficient (Wildman–Crippen LogP) is 0.939. The zero-order chi connectivity index (χ0) is 14.5. The first kappa shape index (κ1) is 15.3. The van der Waals surface area contributed by atoms with Gasteiger partial charge in [0.05, 0.1) is 37.1 Å². The van der Waals surface area contributed by atoms with E-state index >= 15 is 0 Å². The molecule has 0 aromatic heterocycles. The smallest absolute Gasteiger partial charge is 0.337 e. The maximum atomic E-state index is 11.2. The summed E-state index contributed by atoms with van der Waals surface area (Å²) >= 11 is 0. The zero-order valence-electron chi connectivity index (χ0n) is 11.0. The van der Waals surface area contributed by atoms with Crippen molar-refractivity contribution in [3.05, 3.63) is 23.8 Å². The highest BCUT2D eigenvalue weighted by Gasteiger charge is 2.28. The second kappa shape index (κ2) is 6.40. The molecule has 0 radical (unpaired) electrons. The quantitative estimate of drug-likeness (QED) is 0.588. The van der Waals surface area contributed by atoms with Crippen molar-refractivity contribution in [2.24, 2.45) is 0 Å². The zero-order valence-corrected chi connectivity index (χ0v) is 11.0. The molecule has 0 aliphatic carbocycles. The number of nitrogens with one attached hydrogen (secondary N) is 1. The van der Waals surface area contributed by atoms with Crippen molar-refractivity contribution in [2.45, 2.75) is 18.9 Å². The molecule has 0 bridgehead atoms. The monoisotopic (exact) mass is 269 g/mol. The van der Waals surface area contributed by atoms with Crippen LogP contribution in [0.3, 0.4) is 0 Å². The van der Waals surface area contributed by atoms with Crippen molar-refractivity contribution in [1.82, 2.24) is 0 Å². The first-order chi connectivity index (χ1) is 9.01. The molecule has 0 aliphatic heterocycles. The van der Waals surface area contributed by atoms with Crippen molar-refractivity contribution in [3.63, 3.8) is 0 Å². The van der Waals surface area contributed by atoms with Gasteiger partial charge in [0.15, 0.2) is 0 Å². The third-order valence-corrected chi connectivity index (χ3v) is 3.14. The van der Waals surface area contributed by atoms with Crippen LogP contribution in [0.4, 0.5) is 5.69 Å². The van der Waals surface area contributed by atoms with Gasteiger partial charge in [-0.2, -0.15) is 0 Å². The van der Waals surface area contributed by atoms with E-state index in [9.17, 15) is 15.0 Å². The van der Waals surface area contributed by atoms with Crippen LogP contribution in [0.15, 0.2) is 18.2 Å². The lowest BCUT2D eigenvalue weighted by Crippen LogP contribution is -2.45. The molecule has 0 heterocycles. The van der Waals surface area contributed by atoms with Crippen LogP contribution in [0.5, 0.6) is 5.75 Å². The number of rotatable bonds is 7. The van der Waals surface area contributed by atoms with E-state index in [2.05, 4.69) is 5.32 Å². The number of aliphatic hydroxyl groups excluding tert-OH is 2. The summed E-state index contributed by atoms with van der Waals surface area (Å²) in [6, 6.07) is 4.48. The molecule has 1 aromatic rings. The lowest BCUT2D eigenvalue weighted by molar-refractivity contribution is 0.0697. The summed E-state index contributed by atoms with van der Waals surface area (Å²) in [5, 5.41) is 30.8. The summed E-state index contributed by atoms with van der Waals surface area (Å²) in [4.78, 5) is 11.2. The lowest BCUT2D eigenvalue weighted by Gasteiger charge is -2.31. The van der Waals surface area contributed by atoms with Gasteiger partial charge in [0.2, 0.25) is 0 Å². The molecule has 0 aliphatic rings. The van der Waals surface area contributed by atoms with Gasteiger partial charge in [-0.05, 0) is 18.6 Å². The number of carboxylic acids is 1. The molecule has 0 spiro atoms. The summed E-state index contributed by atoms with van der Waals surface area (Å²) < 4.78 is 5.05. The van der Waals surface area contributed by atoms with Crippen LogP contribution in [0, 0.1) is 0 Å². The number of ether oxygens (including phenoxy) is 1. The third kappa shape index (κ3) is 3.36. The molecule has 19 heavy (non-hydrogen) atoms. The summed E-state index contributed by atoms with van der Waals surface area (Å²) in [5.41, 5.74) is -0.603. The normalized spacial score (nSPS) is 11.2. The Kier molecular flexibility index (Phi) is 5.14. The topological polar surface area (TPSA) is 99.0 Å². The van der Waals surface area contributed by atoms with Gasteiger partial charge in [-0.3, -0.25) is 0 Å². The molecule has 1 rings (SSSR count). The first-order valence-corrected chi connectivity index (χ1v) is 5.93. The molecule has 106 valence electrons. The highest BCUT2D eigenvalue weighted by atomic mass is 16.5. The van der Waals surface area contributed by atoms with Gasteiger partial charge in [-0.1, -0.05) is 6.92 Å². The Morgan fingerprint density at radius 1 is 1.37 bits per heavy atom. The van der Waals surface area contributed by atoms with Gasteiger partial charge in [-0.25, -0.2) is 4.79 Å². The minimum atomic E-state index is -1.09. The van der Waals surface area contributed by atoms with Crippen LogP contribution in [0.1, 0.15) is 23.7 Å². The number of methoxy groups -OCH3 is 1. The van der Waals surface area contributed by atoms with Crippen molar-refractivity contribution < 1.29 is 24.9 Å². The van der Waals surface area contributed by atoms with Gasteiger partial charge >= 0.3 is 5.97 Å². The van der Waals surface area contributed by atoms with Crippen molar-refractivity contribution in [3.8, 4) is 5.75 Å². The van der Waals surface area contributed by atoms with E-state index in [0.717, 1.165) is 0 Å². The van der Waals surface area contributed by atoms with E-state index in [1.165, 1.54) is 19.2 Å². The van der Waals surface area contributed by atoms with Crippen LogP contribution in [-0.4, -0.2) is 47.2 Å². The van der Waals surface area contributed by atoms with E-state index in [1.54, 1.807) is 13.0 Å². The fraction of sp³-hybridized carbons (Fsp3) is 0.462. The number of hydrogen-bond donors (Lipinski definition) is 4. The molecule has 4 N–H and O–H groups in total. The summed E-state index contributed by atoms with van der Waals surface area (Å²) in [7, 11) is 1.48. The van der Waals surface area contributed by atoms with Crippen LogP contribution in [0.25, 0.3) is 0 Å². The lowest BCUT2D eigenvalue weighted by atomic mass is 9.97. The van der Waals surface area contributed by atoms with Gasteiger partial charge in [0.25, 0.3) is 0 Å². The van der Waals surface area contributed by atoms with Crippen LogP contribution >= 0.6 is 0 Å². The highest BCUT2D eigenvalue weighted by Crippen LogP contribution is 2.26. The van der Waals surface area contributed by atoms with Gasteiger partial charge in [0.1, 0.15) is 5.75 Å². The second-order valence-electron chi connectivity index (χ2n) is 4.29. The Morgan fingerprint density at radius 2 is 2.00 bits per heavy atom. The molecule has 1 aromatic carbocycles. The highest BCUT2D eigenvalue weighted by molar-refractivity contribution is 5.94. The Morgan fingerprint density at radius 3 is 2.42 bits per heavy atom. The molecule has 0 unspecified atom stereocenters. The maximum Gasteiger partial charge on any atom is 0.337 e. The fourth-order valence-electron chi connectivity index (χ4n) is 1.67. The van der Waals surface area contributed by atoms with Crippen molar-refractivity contribution in [1.29, 1.82) is 0 Å². The Hall–Kier alpha value is -1.79. The van der Waals surface area contributed by atoms with Gasteiger partial charge in [-0.15, -0.1) is 0 Å². The largest absolute Gasteiger partial charge is 0.497 e. The molecule has 6 heteroatoms. The molecule has 0 saturated heterocycles. The summed E-state index contributed by atoms with van der Waals surface area (Å²) in [6.45, 7) is 1.17. The number of anilines is 1. The molecular weight excluding hydrogens is 250 g/mol. The molecule has 0 fully saturated rings. The standard InChI is InChI=1S/C13H19NO5/c1-3-13(7-15,8-16)14-11-6-9(19-2)4-5-10(11)12(17)18/h4-6,14-16H,3,7-8H2,1-2H3,(H,17,18). The Labute approximate surface area is 111 Å². The minimum Gasteiger partial charge on any atom is -0.497 e. The van der Waals surface area contributed by atoms with Crippen molar-refractivity contribution >= 4 is 11.7 Å². The van der Waals surface area contributed by atoms with E-state index in [4.69, 9.17) is 9.84 Å². The third-order valence-electron chi connectivity index (χ3n) is 3.14. The molecule has 6 nitrogen and oxygen atoms in total. The Balaban J connectivity index is 3.19. The number of aliphatic hydroxyl groups is 2. The van der Waals surface area contributed by atoms with Crippen LogP contribution in [0.2, 0.25) is 0 Å². The summed E-state index contributed by atoms with van der Waals surface area (Å²) in [6.07, 6.45) is 0.441. The molecular formula is C13H19NO5. The Bertz CT molecular complexity index is 434. The minimum absolute atomic E-state index is 0.0560. The molecule has 0 amide bonds. The number of hydrogen-bond acceptors (Lipinski definition) is 5. The van der Waals surface area contributed by atoms with Gasteiger partial charge < -0.3 is 25.4 Å². The van der Waals surface area contributed by atoms with Crippen LogP contribution < -0.4 is 10.1 Å². The molecule has 0 atom stereocenters. The SMILES string of the molecule is CCC(CO)(CO)Nc1cc(OC)ccc1C(=O)O. The first-order valence-electron chi connectivity index (χ1n) is 5.93. The average Bonchev–Trinajstić information content (AvgIpc) is 2.44. The fourth-order valence-corrected chi connectivity index (χ4v) is 1.67. The summed E-state index contributed by atoms with van der Waals surface area (Å²) in [5.74, 6) is -0.598. The molecule has 0 saturated carbocycles. The van der Waals surface area contributed by atoms with E-state index < -0.39 is 11.5 Å². The number of carboxylic acid groups (broad SMARTS) is 1. The number of benzene rings is 1. The maximum absolute atomic E-state index is 11.2. The van der Waals surface area contributed by atoms with E-state index in [0.29, 0.717) is 17.9 Å².